The number of allylic oxidation sites excluding steroid dienone is 1. The number of benzene rings is 1. The smallest absolute Gasteiger partial charge is 0.311 e. The Morgan fingerprint density at radius 1 is 0.923 bits per heavy atom. The third-order valence-electron chi connectivity index (χ3n) is 17.3. The molecular formula is C53H66N6O6+2. The predicted octanol–water partition coefficient (Wildman–Crippen LogP) is 11.5. The van der Waals surface area contributed by atoms with Gasteiger partial charge < -0.3 is 23.5 Å². The molecule has 4 aliphatic carbocycles. The molecule has 1 saturated heterocycles. The summed E-state index contributed by atoms with van der Waals surface area (Å²) in [5, 5.41) is 0.786. The minimum atomic E-state index is -0.562. The number of carbonyl (C=O) groups is 2. The minimum Gasteiger partial charge on any atom is -0.462 e. The van der Waals surface area contributed by atoms with Crippen LogP contribution in [0.5, 0.6) is 5.75 Å². The van der Waals surface area contributed by atoms with E-state index in [4.69, 9.17) is 51.4 Å². The van der Waals surface area contributed by atoms with Gasteiger partial charge in [-0.3, -0.25) is 9.59 Å². The largest absolute Gasteiger partial charge is 0.462 e. The maximum atomic E-state index is 13.4. The molecule has 1 aliphatic heterocycles. The normalized spacial score (nSPS) is 31.3. The van der Waals surface area contributed by atoms with Gasteiger partial charge in [-0.1, -0.05) is 80.4 Å². The third kappa shape index (κ3) is 7.21. The lowest BCUT2D eigenvalue weighted by Gasteiger charge is -2.60. The molecule has 3 saturated carbocycles. The van der Waals surface area contributed by atoms with E-state index >= 15 is 0 Å². The summed E-state index contributed by atoms with van der Waals surface area (Å²) in [5.41, 5.74) is 1.85. The highest BCUT2D eigenvalue weighted by Crippen LogP contribution is 2.77. The summed E-state index contributed by atoms with van der Waals surface area (Å²) in [5.74, 6) is 2.34. The molecule has 0 radical (unpaired) electrons. The van der Waals surface area contributed by atoms with Gasteiger partial charge in [-0.15, -0.1) is 0 Å². The number of hydrogen-bond acceptors (Lipinski definition) is 10. The molecule has 3 aromatic heterocycles. The van der Waals surface area contributed by atoms with Crippen LogP contribution in [-0.2, 0) is 19.1 Å². The molecule has 0 amide bonds. The van der Waals surface area contributed by atoms with Crippen molar-refractivity contribution in [3.8, 4) is 30.3 Å². The van der Waals surface area contributed by atoms with Crippen LogP contribution in [0.25, 0.3) is 43.3 Å². The molecule has 342 valence electrons. The molecule has 9 rings (SSSR count). The van der Waals surface area contributed by atoms with Crippen molar-refractivity contribution in [2.24, 2.45) is 34.0 Å². The zero-order valence-corrected chi connectivity index (χ0v) is 39.2. The lowest BCUT2D eigenvalue weighted by atomic mass is 9.35. The number of aromatic nitrogens is 3. The number of nitrogens with zero attached hydrogens (tertiary/aromatic N) is 6. The number of fused-ring (bicyclic) bond motifs is 8. The van der Waals surface area contributed by atoms with Crippen LogP contribution in [0.3, 0.4) is 0 Å². The van der Waals surface area contributed by atoms with Crippen molar-refractivity contribution in [1.29, 1.82) is 0 Å². The number of furan rings is 1. The number of hydrogen-bond donors (Lipinski definition) is 0. The van der Waals surface area contributed by atoms with Gasteiger partial charge in [0.2, 0.25) is 5.71 Å². The van der Waals surface area contributed by atoms with Gasteiger partial charge in [-0.2, -0.15) is 0 Å². The number of rotatable bonds is 12. The fraction of sp³-hybridized carbons (Fsp3) is 0.604. The zero-order valence-electron chi connectivity index (χ0n) is 39.2. The summed E-state index contributed by atoms with van der Waals surface area (Å²) >= 11 is 0. The fourth-order valence-corrected chi connectivity index (χ4v) is 13.8. The van der Waals surface area contributed by atoms with Gasteiger partial charge in [0, 0.05) is 44.1 Å². The van der Waals surface area contributed by atoms with Gasteiger partial charge in [0.25, 0.3) is 18.7 Å². The summed E-state index contributed by atoms with van der Waals surface area (Å²) in [4.78, 5) is 52.9. The summed E-state index contributed by atoms with van der Waals surface area (Å²) in [6.45, 7) is 30.0. The van der Waals surface area contributed by atoms with E-state index in [0.29, 0.717) is 96.7 Å². The van der Waals surface area contributed by atoms with Crippen molar-refractivity contribution in [2.45, 2.75) is 142 Å². The van der Waals surface area contributed by atoms with Gasteiger partial charge in [-0.25, -0.2) is 15.0 Å². The van der Waals surface area contributed by atoms with Crippen LogP contribution in [0.15, 0.2) is 58.7 Å². The van der Waals surface area contributed by atoms with E-state index in [1.165, 1.54) is 24.8 Å². The van der Waals surface area contributed by atoms with E-state index in [0.717, 1.165) is 43.9 Å². The molecular weight excluding hydrogens is 817 g/mol. The average molecular weight is 883 g/mol. The molecule has 8 atom stereocenters. The fourth-order valence-electron chi connectivity index (χ4n) is 13.8. The number of anilines is 1. The van der Waals surface area contributed by atoms with Crippen molar-refractivity contribution in [2.75, 3.05) is 31.2 Å². The first-order valence-electron chi connectivity index (χ1n) is 24.1. The highest BCUT2D eigenvalue weighted by Gasteiger charge is 2.88. The highest BCUT2D eigenvalue weighted by molar-refractivity contribution is 6.05. The number of carbonyl (C=O) groups excluding carboxylic acids is 2. The van der Waals surface area contributed by atoms with E-state index < -0.39 is 23.0 Å². The predicted molar refractivity (Wildman–Crippen MR) is 253 cm³/mol. The van der Waals surface area contributed by atoms with E-state index in [-0.39, 0.29) is 35.2 Å². The van der Waals surface area contributed by atoms with Crippen LogP contribution in [0.2, 0.25) is 0 Å². The Labute approximate surface area is 383 Å². The van der Waals surface area contributed by atoms with Gasteiger partial charge in [0.1, 0.15) is 22.8 Å². The maximum absolute atomic E-state index is 13.4. The monoisotopic (exact) mass is 883 g/mol. The van der Waals surface area contributed by atoms with Crippen molar-refractivity contribution in [1.82, 2.24) is 15.0 Å². The lowest BCUT2D eigenvalue weighted by Crippen LogP contribution is -2.73. The number of pyridine rings is 1. The summed E-state index contributed by atoms with van der Waals surface area (Å²) in [6, 6.07) is 10.9. The first-order valence-corrected chi connectivity index (χ1v) is 24.1. The second kappa shape index (κ2) is 17.1. The first kappa shape index (κ1) is 44.9. The molecule has 4 aromatic rings. The van der Waals surface area contributed by atoms with Crippen molar-refractivity contribution >= 4 is 40.0 Å². The van der Waals surface area contributed by atoms with Crippen LogP contribution < -0.4 is 9.64 Å². The second-order valence-electron chi connectivity index (χ2n) is 20.9. The Kier molecular flexibility index (Phi) is 11.8. The van der Waals surface area contributed by atoms with Gasteiger partial charge >= 0.3 is 17.5 Å². The van der Waals surface area contributed by atoms with Crippen LogP contribution >= 0.6 is 0 Å². The Morgan fingerprint density at radius 2 is 1.71 bits per heavy atom. The molecule has 0 bridgehead atoms. The quantitative estimate of drug-likeness (QED) is 0.0771. The van der Waals surface area contributed by atoms with E-state index in [1.807, 2.05) is 18.2 Å². The van der Waals surface area contributed by atoms with Crippen molar-refractivity contribution in [3.63, 3.8) is 0 Å². The Hall–Kier alpha value is -5.33. The Balaban J connectivity index is 0.849. The molecule has 4 fully saturated rings. The number of ether oxygens (including phenoxy) is 3. The average Bonchev–Trinajstić information content (AvgIpc) is 3.84. The zero-order chi connectivity index (χ0) is 45.8. The molecule has 4 heterocycles. The molecule has 1 aromatic carbocycles. The van der Waals surface area contributed by atoms with Crippen LogP contribution in [0, 0.1) is 47.1 Å². The molecule has 1 unspecified atom stereocenters. The van der Waals surface area contributed by atoms with Crippen molar-refractivity contribution < 1.29 is 28.2 Å². The SMILES string of the molecule is C#[N+][C@]12CC[C@]3(C)[C@@H]([C@H](C)CCCC(C)C)CC[C@@]3([N+]#C)[C@]1(C)CC=C1CC(OC(=O)CCC(=O)Oc3cccc(-c4nc(N5CCOCC5)c5oc6ncccc6c5n4)c3)CC[C@@]12C. The molecule has 65 heavy (non-hydrogen) atoms. The van der Waals surface area contributed by atoms with Crippen LogP contribution in [0.1, 0.15) is 125 Å². The lowest BCUT2D eigenvalue weighted by molar-refractivity contribution is -0.155. The Bertz CT molecular complexity index is 2600. The summed E-state index contributed by atoms with van der Waals surface area (Å²) in [7, 11) is 0. The second-order valence-corrected chi connectivity index (χ2v) is 20.9. The van der Waals surface area contributed by atoms with E-state index in [2.05, 4.69) is 57.5 Å². The standard InChI is InChI=1S/C53H66N6O6/c1-34(2)12-9-13-35(3)41-21-24-52(54-7)50(41,5)25-26-53(55-8)49(4)22-20-39(33-37(49)19-23-51(52,53)6)64-43(61)18-17-42(60)63-38-15-10-14-36(32-38)46-57-44-40-16-11-27-56-48(40)65-45(44)47(58-46)59-28-30-62-31-29-59/h7-8,10-11,14-16,19,27,32,34-35,39,41H,9,12-13,17-18,20-26,28-31,33H2,1-6H3/q+2/t35-,39?,41-,49+,50-,51+,52+,53+/m1/s1. The van der Waals surface area contributed by atoms with Crippen LogP contribution in [0.4, 0.5) is 5.82 Å². The summed E-state index contributed by atoms with van der Waals surface area (Å²) in [6.07, 6.45) is 14.0. The maximum Gasteiger partial charge on any atom is 0.311 e. The number of morpholine rings is 1. The molecule has 5 aliphatic rings. The third-order valence-corrected chi connectivity index (χ3v) is 17.3. The first-order chi connectivity index (χ1) is 31.2. The van der Waals surface area contributed by atoms with Gasteiger partial charge in [-0.05, 0) is 88.0 Å². The topological polar surface area (TPSA) is 126 Å². The van der Waals surface area contributed by atoms with E-state index in [1.54, 1.807) is 24.4 Å². The van der Waals surface area contributed by atoms with Crippen molar-refractivity contribution in [3.05, 3.63) is 63.9 Å². The Morgan fingerprint density at radius 3 is 2.48 bits per heavy atom. The molecule has 0 N–H and O–H groups in total. The summed E-state index contributed by atoms with van der Waals surface area (Å²) < 4.78 is 23.6. The molecule has 0 spiro atoms. The molecule has 12 heteroatoms. The van der Waals surface area contributed by atoms with Gasteiger partial charge in [0.15, 0.2) is 17.2 Å². The number of esters is 2. The van der Waals surface area contributed by atoms with Crippen LogP contribution in [-0.4, -0.2) is 70.4 Å². The highest BCUT2D eigenvalue weighted by atomic mass is 16.5. The minimum absolute atomic E-state index is 0.0503. The molecule has 12 nitrogen and oxygen atoms in total. The van der Waals surface area contributed by atoms with Gasteiger partial charge in [0.05, 0.1) is 42.3 Å². The van der Waals surface area contributed by atoms with E-state index in [9.17, 15) is 9.59 Å².